The summed E-state index contributed by atoms with van der Waals surface area (Å²) in [5.41, 5.74) is 0.240. The molecule has 19 heavy (non-hydrogen) atoms. The first kappa shape index (κ1) is 17.9. The molecule has 0 aromatic carbocycles. The van der Waals surface area contributed by atoms with E-state index in [1.165, 1.54) is 5.82 Å². The predicted molar refractivity (Wildman–Crippen MR) is 64.9 cm³/mol. The Morgan fingerprint density at radius 3 is 1.95 bits per heavy atom. The maximum atomic E-state index is 9.75. The lowest BCUT2D eigenvalue weighted by molar-refractivity contribution is -0.739. The first-order valence-electron chi connectivity index (χ1n) is 5.98. The molecule has 1 aromatic rings. The third-order valence-corrected chi connectivity index (χ3v) is 2.02. The van der Waals surface area contributed by atoms with Gasteiger partial charge in [0.05, 0.1) is 7.05 Å². The summed E-state index contributed by atoms with van der Waals surface area (Å²) in [6.07, 6.45) is 0. The van der Waals surface area contributed by atoms with Crippen molar-refractivity contribution < 1.29 is 21.9 Å². The van der Waals surface area contributed by atoms with Gasteiger partial charge in [0.15, 0.2) is 5.21 Å². The zero-order valence-electron chi connectivity index (χ0n) is 12.2. The fraction of sp³-hybridized carbons (Fsp3) is 0.900. The quantitative estimate of drug-likeness (QED) is 0.475. The van der Waals surface area contributed by atoms with Crippen LogP contribution in [0.25, 0.3) is 0 Å². The van der Waals surface area contributed by atoms with Crippen LogP contribution in [0.4, 0.5) is 17.3 Å². The highest BCUT2D eigenvalue weighted by atomic mass is 19.5. The summed E-state index contributed by atoms with van der Waals surface area (Å²) in [5, 5.41) is 8.20. The van der Waals surface area contributed by atoms with E-state index < -0.39 is 7.25 Å². The molecular weight excluding hydrogens is 263 g/mol. The van der Waals surface area contributed by atoms with Crippen molar-refractivity contribution in [2.24, 2.45) is 12.5 Å². The van der Waals surface area contributed by atoms with Crippen molar-refractivity contribution in [2.75, 3.05) is 0 Å². The number of aromatic nitrogens is 4. The van der Waals surface area contributed by atoms with Crippen LogP contribution in [-0.4, -0.2) is 22.4 Å². The fourth-order valence-corrected chi connectivity index (χ4v) is 1.60. The van der Waals surface area contributed by atoms with Gasteiger partial charge in [-0.15, -0.1) is 4.68 Å². The minimum atomic E-state index is -6.00. The van der Waals surface area contributed by atoms with Gasteiger partial charge in [-0.25, -0.2) is 0 Å². The largest absolute Gasteiger partial charge is 0.673 e. The molecule has 0 saturated heterocycles. The molecule has 1 aromatic heterocycles. The molecule has 0 atom stereocenters. The maximum Gasteiger partial charge on any atom is 0.673 e. The van der Waals surface area contributed by atoms with E-state index in [0.717, 1.165) is 6.54 Å². The molecule has 9 heteroatoms. The van der Waals surface area contributed by atoms with E-state index in [1.54, 1.807) is 0 Å². The molecule has 0 N–H and O–H groups in total. The molecular formula is C10H21BF4N4. The number of rotatable bonds is 2. The van der Waals surface area contributed by atoms with E-state index in [1.807, 2.05) is 16.4 Å². The van der Waals surface area contributed by atoms with Gasteiger partial charge in [-0.2, -0.15) is 0 Å². The number of nitrogens with zero attached hydrogens (tertiary/aromatic N) is 4. The first-order chi connectivity index (χ1) is 8.31. The van der Waals surface area contributed by atoms with E-state index in [4.69, 9.17) is 0 Å². The van der Waals surface area contributed by atoms with Crippen LogP contribution in [0.15, 0.2) is 0 Å². The average molecular weight is 284 g/mol. The van der Waals surface area contributed by atoms with Crippen molar-refractivity contribution >= 4 is 7.25 Å². The van der Waals surface area contributed by atoms with Crippen LogP contribution in [-0.2, 0) is 13.6 Å². The van der Waals surface area contributed by atoms with E-state index in [9.17, 15) is 17.3 Å². The molecule has 0 spiro atoms. The van der Waals surface area contributed by atoms with Gasteiger partial charge in [0.2, 0.25) is 0 Å². The van der Waals surface area contributed by atoms with Crippen molar-refractivity contribution in [3.05, 3.63) is 5.82 Å². The lowest BCUT2D eigenvalue weighted by Crippen LogP contribution is -2.37. The topological polar surface area (TPSA) is 34.6 Å². The van der Waals surface area contributed by atoms with Crippen molar-refractivity contribution in [3.63, 3.8) is 0 Å². The highest BCUT2D eigenvalue weighted by Gasteiger charge is 2.25. The summed E-state index contributed by atoms with van der Waals surface area (Å²) in [4.78, 5) is 0. The van der Waals surface area contributed by atoms with Crippen LogP contribution in [0.1, 0.15) is 46.4 Å². The highest BCUT2D eigenvalue weighted by Crippen LogP contribution is 2.18. The van der Waals surface area contributed by atoms with Crippen molar-refractivity contribution in [2.45, 2.75) is 47.1 Å². The summed E-state index contributed by atoms with van der Waals surface area (Å²) in [7, 11) is -4.05. The van der Waals surface area contributed by atoms with E-state index in [-0.39, 0.29) is 5.41 Å². The van der Waals surface area contributed by atoms with Crippen LogP contribution in [0, 0.1) is 5.41 Å². The average Bonchev–Trinajstić information content (AvgIpc) is 2.40. The molecule has 0 radical (unpaired) electrons. The molecule has 0 amide bonds. The normalized spacial score (nSPS) is 12.4. The van der Waals surface area contributed by atoms with Crippen LogP contribution in [0.5, 0.6) is 0 Å². The number of hydrogen-bond donors (Lipinski definition) is 0. The third kappa shape index (κ3) is 8.55. The molecule has 0 unspecified atom stereocenters. The monoisotopic (exact) mass is 284 g/mol. The van der Waals surface area contributed by atoms with Gasteiger partial charge in [0.25, 0.3) is 5.82 Å². The Hall–Kier alpha value is -1.15. The Labute approximate surface area is 110 Å². The molecule has 1 heterocycles. The van der Waals surface area contributed by atoms with Crippen LogP contribution >= 0.6 is 0 Å². The zero-order chi connectivity index (χ0) is 15.4. The molecule has 0 aliphatic heterocycles. The lowest BCUT2D eigenvalue weighted by Gasteiger charge is -2.14. The van der Waals surface area contributed by atoms with Crippen molar-refractivity contribution in [1.82, 2.24) is 15.1 Å². The Morgan fingerprint density at radius 2 is 1.63 bits per heavy atom. The lowest BCUT2D eigenvalue weighted by atomic mass is 9.97. The van der Waals surface area contributed by atoms with Crippen molar-refractivity contribution in [3.8, 4) is 0 Å². The summed E-state index contributed by atoms with van der Waals surface area (Å²) in [5.74, 6) is 1.64. The number of halogens is 4. The van der Waals surface area contributed by atoms with E-state index >= 15 is 0 Å². The molecule has 4 nitrogen and oxygen atoms in total. The van der Waals surface area contributed by atoms with Gasteiger partial charge in [-0.1, -0.05) is 39.3 Å². The van der Waals surface area contributed by atoms with Crippen LogP contribution in [0.2, 0.25) is 0 Å². The smallest absolute Gasteiger partial charge is 0.418 e. The Balaban J connectivity index is 0.000000555. The fourth-order valence-electron chi connectivity index (χ4n) is 1.60. The Morgan fingerprint density at radius 1 is 1.21 bits per heavy atom. The minimum Gasteiger partial charge on any atom is -0.418 e. The molecule has 112 valence electrons. The second kappa shape index (κ2) is 6.34. The summed E-state index contributed by atoms with van der Waals surface area (Å²) in [6.45, 7) is 11.9. The van der Waals surface area contributed by atoms with Crippen molar-refractivity contribution in [1.29, 1.82) is 0 Å². The van der Waals surface area contributed by atoms with Gasteiger partial charge < -0.3 is 17.3 Å². The first-order valence-corrected chi connectivity index (χ1v) is 5.98. The third-order valence-electron chi connectivity index (χ3n) is 2.02. The number of tetrazole rings is 1. The molecule has 0 aliphatic rings. The number of hydrogen-bond acceptors (Lipinski definition) is 2. The van der Waals surface area contributed by atoms with Gasteiger partial charge in [0, 0.05) is 5.92 Å². The van der Waals surface area contributed by atoms with Crippen LogP contribution < -0.4 is 4.68 Å². The summed E-state index contributed by atoms with van der Waals surface area (Å²) < 4.78 is 42.9. The minimum absolute atomic E-state index is 0.240. The van der Waals surface area contributed by atoms with Crippen LogP contribution in [0.3, 0.4) is 0 Å². The van der Waals surface area contributed by atoms with E-state index in [0.29, 0.717) is 5.92 Å². The van der Waals surface area contributed by atoms with Gasteiger partial charge in [0.1, 0.15) is 11.8 Å². The highest BCUT2D eigenvalue weighted by molar-refractivity contribution is 6.50. The molecule has 0 bridgehead atoms. The summed E-state index contributed by atoms with van der Waals surface area (Å²) in [6, 6.07) is 0. The molecule has 1 rings (SSSR count). The van der Waals surface area contributed by atoms with Gasteiger partial charge >= 0.3 is 7.25 Å². The van der Waals surface area contributed by atoms with Gasteiger partial charge in [-0.3, -0.25) is 0 Å². The van der Waals surface area contributed by atoms with Gasteiger partial charge in [-0.05, 0) is 5.41 Å². The Kier molecular flexibility index (Phi) is 5.96. The maximum absolute atomic E-state index is 9.75. The zero-order valence-corrected chi connectivity index (χ0v) is 12.2. The molecule has 0 saturated carbocycles. The number of aryl methyl sites for hydroxylation is 1. The SMILES string of the molecule is CC(C)c1n(CC(C)(C)C)nn[n+]1C.F[B-](F)(F)F. The molecule has 0 aliphatic carbocycles. The van der Waals surface area contributed by atoms with E-state index in [2.05, 4.69) is 45.0 Å². The standard InChI is InChI=1S/C10H21N4.BF4/c1-8(2)9-13(6)11-12-14(9)7-10(3,4)5;2-1(3,4)5/h8H,7H2,1-6H3;/q+1;-1. The predicted octanol–water partition coefficient (Wildman–Crippen LogP) is 2.57. The second-order valence-electron chi connectivity index (χ2n) is 5.83. The summed E-state index contributed by atoms with van der Waals surface area (Å²) >= 11 is 0. The second-order valence-corrected chi connectivity index (χ2v) is 5.83. The molecule has 0 fully saturated rings. The Bertz CT molecular complexity index is 389.